The van der Waals surface area contributed by atoms with Crippen molar-refractivity contribution in [3.05, 3.63) is 47.4 Å². The van der Waals surface area contributed by atoms with Crippen molar-refractivity contribution in [1.29, 1.82) is 0 Å². The molecule has 0 amide bonds. The number of nitrogens with zero attached hydrogens (tertiary/aromatic N) is 2. The van der Waals surface area contributed by atoms with E-state index in [9.17, 15) is 4.39 Å². The Kier molecular flexibility index (Phi) is 3.10. The molecule has 0 saturated heterocycles. The van der Waals surface area contributed by atoms with E-state index in [4.69, 9.17) is 10.5 Å². The maximum Gasteiger partial charge on any atom is 0.231 e. The number of fused-ring (bicyclic) bond motifs is 1. The van der Waals surface area contributed by atoms with Crippen molar-refractivity contribution in [3.8, 4) is 11.6 Å². The summed E-state index contributed by atoms with van der Waals surface area (Å²) in [5.74, 6) is 0.0268. The van der Waals surface area contributed by atoms with Gasteiger partial charge in [0.1, 0.15) is 11.2 Å². The molecule has 0 atom stereocenters. The van der Waals surface area contributed by atoms with Crippen LogP contribution >= 0.6 is 11.3 Å². The number of ether oxygens (including phenoxy) is 1. The smallest absolute Gasteiger partial charge is 0.231 e. The predicted octanol–water partition coefficient (Wildman–Crippen LogP) is 3.08. The van der Waals surface area contributed by atoms with Crippen LogP contribution in [0, 0.1) is 5.82 Å². The summed E-state index contributed by atoms with van der Waals surface area (Å²) in [6.45, 7) is 0.291. The quantitative estimate of drug-likeness (QED) is 0.798. The van der Waals surface area contributed by atoms with Gasteiger partial charge in [0.25, 0.3) is 0 Å². The Balaban J connectivity index is 1.99. The van der Waals surface area contributed by atoms with Gasteiger partial charge >= 0.3 is 0 Å². The van der Waals surface area contributed by atoms with E-state index in [1.807, 2.05) is 11.4 Å². The predicted molar refractivity (Wildman–Crippen MR) is 71.8 cm³/mol. The molecule has 1 aromatic carbocycles. The maximum atomic E-state index is 13.8. The van der Waals surface area contributed by atoms with Gasteiger partial charge in [0.2, 0.25) is 5.88 Å². The van der Waals surface area contributed by atoms with Gasteiger partial charge in [-0.1, -0.05) is 6.07 Å². The van der Waals surface area contributed by atoms with Gasteiger partial charge in [-0.3, -0.25) is 0 Å². The number of aromatic nitrogens is 2. The highest BCUT2D eigenvalue weighted by molar-refractivity contribution is 7.16. The molecule has 0 aliphatic heterocycles. The van der Waals surface area contributed by atoms with E-state index in [1.54, 1.807) is 12.1 Å². The lowest BCUT2D eigenvalue weighted by Gasteiger charge is -2.07. The van der Waals surface area contributed by atoms with Crippen LogP contribution in [0.4, 0.5) is 4.39 Å². The second-order valence-electron chi connectivity index (χ2n) is 3.89. The zero-order chi connectivity index (χ0) is 13.2. The minimum Gasteiger partial charge on any atom is -0.435 e. The monoisotopic (exact) mass is 275 g/mol. The van der Waals surface area contributed by atoms with Gasteiger partial charge in [0.15, 0.2) is 11.6 Å². The molecule has 0 unspecified atom stereocenters. The molecule has 2 heterocycles. The van der Waals surface area contributed by atoms with Gasteiger partial charge < -0.3 is 10.5 Å². The highest BCUT2D eigenvalue weighted by Crippen LogP contribution is 2.30. The number of rotatable bonds is 3. The number of benzene rings is 1. The van der Waals surface area contributed by atoms with Gasteiger partial charge in [-0.15, -0.1) is 11.3 Å². The molecule has 0 aliphatic carbocycles. The SMILES string of the molecule is NCc1ccc(Oc2ncnc3sccc23)c(F)c1. The normalized spacial score (nSPS) is 10.8. The summed E-state index contributed by atoms with van der Waals surface area (Å²) < 4.78 is 19.3. The van der Waals surface area contributed by atoms with Crippen molar-refractivity contribution in [2.24, 2.45) is 5.73 Å². The summed E-state index contributed by atoms with van der Waals surface area (Å²) >= 11 is 1.48. The fourth-order valence-corrected chi connectivity index (χ4v) is 2.43. The largest absolute Gasteiger partial charge is 0.435 e. The van der Waals surface area contributed by atoms with Crippen LogP contribution in [0.25, 0.3) is 10.2 Å². The Morgan fingerprint density at radius 3 is 2.95 bits per heavy atom. The fraction of sp³-hybridized carbons (Fsp3) is 0.0769. The molecular formula is C13H10FN3OS. The van der Waals surface area contributed by atoms with E-state index in [0.717, 1.165) is 10.2 Å². The molecule has 0 bridgehead atoms. The van der Waals surface area contributed by atoms with Crippen molar-refractivity contribution >= 4 is 21.6 Å². The lowest BCUT2D eigenvalue weighted by atomic mass is 10.2. The average molecular weight is 275 g/mol. The molecule has 96 valence electrons. The average Bonchev–Trinajstić information content (AvgIpc) is 2.90. The van der Waals surface area contributed by atoms with Crippen molar-refractivity contribution in [3.63, 3.8) is 0 Å². The van der Waals surface area contributed by atoms with Crippen LogP contribution in [0.15, 0.2) is 36.0 Å². The number of nitrogens with two attached hydrogens (primary N) is 1. The molecule has 0 radical (unpaired) electrons. The summed E-state index contributed by atoms with van der Waals surface area (Å²) in [7, 11) is 0. The zero-order valence-electron chi connectivity index (χ0n) is 9.84. The molecule has 6 heteroatoms. The Bertz CT molecular complexity index is 729. The first-order chi connectivity index (χ1) is 9.28. The first kappa shape index (κ1) is 12.0. The topological polar surface area (TPSA) is 61.0 Å². The standard InChI is InChI=1S/C13H10FN3OS/c14-10-5-8(6-15)1-2-11(10)18-12-9-3-4-19-13(9)17-7-16-12/h1-5,7H,6,15H2. The van der Waals surface area contributed by atoms with Crippen LogP contribution in [0.5, 0.6) is 11.6 Å². The van der Waals surface area contributed by atoms with E-state index < -0.39 is 5.82 Å². The minimum atomic E-state index is -0.454. The van der Waals surface area contributed by atoms with E-state index >= 15 is 0 Å². The van der Waals surface area contributed by atoms with Crippen LogP contribution in [-0.4, -0.2) is 9.97 Å². The molecule has 3 rings (SSSR count). The summed E-state index contributed by atoms with van der Waals surface area (Å²) in [6, 6.07) is 6.49. The summed E-state index contributed by atoms with van der Waals surface area (Å²) in [6.07, 6.45) is 1.40. The first-order valence-corrected chi connectivity index (χ1v) is 6.50. The lowest BCUT2D eigenvalue weighted by Crippen LogP contribution is -1.98. The fourth-order valence-electron chi connectivity index (χ4n) is 1.71. The highest BCUT2D eigenvalue weighted by atomic mass is 32.1. The van der Waals surface area contributed by atoms with E-state index in [2.05, 4.69) is 9.97 Å². The number of halogens is 1. The van der Waals surface area contributed by atoms with Gasteiger partial charge in [-0.2, -0.15) is 0 Å². The highest BCUT2D eigenvalue weighted by Gasteiger charge is 2.10. The van der Waals surface area contributed by atoms with E-state index in [0.29, 0.717) is 18.0 Å². The first-order valence-electron chi connectivity index (χ1n) is 5.62. The molecule has 4 nitrogen and oxygen atoms in total. The Labute approximate surface area is 112 Å². The van der Waals surface area contributed by atoms with Crippen LogP contribution in [0.1, 0.15) is 5.56 Å². The minimum absolute atomic E-state index is 0.128. The molecule has 0 aliphatic rings. The number of hydrogen-bond acceptors (Lipinski definition) is 5. The Morgan fingerprint density at radius 2 is 2.16 bits per heavy atom. The van der Waals surface area contributed by atoms with Gasteiger partial charge in [-0.05, 0) is 29.1 Å². The molecule has 0 fully saturated rings. The lowest BCUT2D eigenvalue weighted by molar-refractivity contribution is 0.431. The van der Waals surface area contributed by atoms with Crippen LogP contribution < -0.4 is 10.5 Å². The third-order valence-corrected chi connectivity index (χ3v) is 3.48. The summed E-state index contributed by atoms with van der Waals surface area (Å²) in [5, 5.41) is 2.66. The zero-order valence-corrected chi connectivity index (χ0v) is 10.7. The summed E-state index contributed by atoms with van der Waals surface area (Å²) in [4.78, 5) is 8.96. The molecule has 0 spiro atoms. The van der Waals surface area contributed by atoms with Crippen LogP contribution in [0.2, 0.25) is 0 Å². The Hall–Kier alpha value is -2.05. The number of thiophene rings is 1. The molecule has 3 aromatic rings. The van der Waals surface area contributed by atoms with Gasteiger partial charge in [0.05, 0.1) is 5.39 Å². The van der Waals surface area contributed by atoms with Crippen molar-refractivity contribution in [1.82, 2.24) is 9.97 Å². The summed E-state index contributed by atoms with van der Waals surface area (Å²) in [5.41, 5.74) is 6.17. The molecular weight excluding hydrogens is 265 g/mol. The third-order valence-electron chi connectivity index (χ3n) is 2.66. The third kappa shape index (κ3) is 2.27. The molecule has 19 heavy (non-hydrogen) atoms. The molecule has 0 saturated carbocycles. The van der Waals surface area contributed by atoms with E-state index in [1.165, 1.54) is 23.7 Å². The van der Waals surface area contributed by atoms with Crippen molar-refractivity contribution < 1.29 is 9.13 Å². The van der Waals surface area contributed by atoms with Crippen LogP contribution in [0.3, 0.4) is 0 Å². The van der Waals surface area contributed by atoms with Crippen molar-refractivity contribution in [2.45, 2.75) is 6.54 Å². The van der Waals surface area contributed by atoms with Crippen LogP contribution in [-0.2, 0) is 6.54 Å². The second kappa shape index (κ2) is 4.91. The van der Waals surface area contributed by atoms with Crippen molar-refractivity contribution in [2.75, 3.05) is 0 Å². The van der Waals surface area contributed by atoms with Gasteiger partial charge in [-0.25, -0.2) is 14.4 Å². The maximum absolute atomic E-state index is 13.8. The second-order valence-corrected chi connectivity index (χ2v) is 4.78. The Morgan fingerprint density at radius 1 is 1.26 bits per heavy atom. The van der Waals surface area contributed by atoms with E-state index in [-0.39, 0.29) is 5.75 Å². The molecule has 2 N–H and O–H groups in total. The number of hydrogen-bond donors (Lipinski definition) is 1. The molecule has 2 aromatic heterocycles. The van der Waals surface area contributed by atoms with Gasteiger partial charge in [0, 0.05) is 6.54 Å².